The lowest BCUT2D eigenvalue weighted by Crippen LogP contribution is -2.31. The maximum Gasteiger partial charge on any atom is 0.251 e. The van der Waals surface area contributed by atoms with Crippen molar-refractivity contribution in [2.75, 3.05) is 26.2 Å². The third-order valence-electron chi connectivity index (χ3n) is 4.50. The van der Waals surface area contributed by atoms with E-state index in [1.54, 1.807) is 18.2 Å². The van der Waals surface area contributed by atoms with E-state index < -0.39 is 0 Å². The molecule has 1 fully saturated rings. The zero-order valence-electron chi connectivity index (χ0n) is 14.3. The van der Waals surface area contributed by atoms with E-state index in [-0.39, 0.29) is 11.7 Å². The Kier molecular flexibility index (Phi) is 5.86. The minimum Gasteiger partial charge on any atom is -0.508 e. The molecule has 2 aromatic rings. The number of nitrogens with zero attached hydrogens (tertiary/aromatic N) is 1. The Labute approximate surface area is 148 Å². The van der Waals surface area contributed by atoms with Crippen molar-refractivity contribution in [2.24, 2.45) is 5.92 Å². The topological polar surface area (TPSA) is 52.6 Å². The maximum absolute atomic E-state index is 12.1. The molecule has 0 aromatic heterocycles. The monoisotopic (exact) mass is 336 g/mol. The number of aromatic hydroxyl groups is 1. The normalized spacial score (nSPS) is 17.8. The average Bonchev–Trinajstić information content (AvgIpc) is 3.08. The highest BCUT2D eigenvalue weighted by Crippen LogP contribution is 2.16. The van der Waals surface area contributed by atoms with E-state index in [2.05, 4.69) is 34.5 Å². The molecule has 1 aliphatic rings. The van der Waals surface area contributed by atoms with E-state index in [0.717, 1.165) is 26.1 Å². The third kappa shape index (κ3) is 5.19. The molecule has 0 bridgehead atoms. The van der Waals surface area contributed by atoms with E-state index in [1.807, 2.05) is 18.2 Å². The van der Waals surface area contributed by atoms with Crippen LogP contribution in [0.5, 0.6) is 5.75 Å². The van der Waals surface area contributed by atoms with Gasteiger partial charge in [0.25, 0.3) is 5.91 Å². The number of hydrogen-bond donors (Lipinski definition) is 2. The number of rotatable bonds is 6. The third-order valence-corrected chi connectivity index (χ3v) is 4.50. The van der Waals surface area contributed by atoms with Crippen molar-refractivity contribution >= 4 is 12.0 Å². The number of carbonyl (C=O) groups excluding carboxylic acids is 1. The Morgan fingerprint density at radius 2 is 2.04 bits per heavy atom. The summed E-state index contributed by atoms with van der Waals surface area (Å²) in [5.74, 6) is 0.467. The molecule has 0 saturated carbocycles. The van der Waals surface area contributed by atoms with Crippen LogP contribution in [0.15, 0.2) is 60.7 Å². The first kappa shape index (κ1) is 17.2. The number of carbonyl (C=O) groups is 1. The summed E-state index contributed by atoms with van der Waals surface area (Å²) in [4.78, 5) is 14.5. The van der Waals surface area contributed by atoms with E-state index in [1.165, 1.54) is 11.6 Å². The highest BCUT2D eigenvalue weighted by atomic mass is 16.3. The molecule has 0 unspecified atom stereocenters. The molecule has 0 aliphatic carbocycles. The van der Waals surface area contributed by atoms with Crippen molar-refractivity contribution in [3.63, 3.8) is 0 Å². The summed E-state index contributed by atoms with van der Waals surface area (Å²) in [6, 6.07) is 16.7. The zero-order valence-corrected chi connectivity index (χ0v) is 14.3. The number of amides is 1. The van der Waals surface area contributed by atoms with Crippen LogP contribution in [-0.4, -0.2) is 42.1 Å². The van der Waals surface area contributed by atoms with Gasteiger partial charge >= 0.3 is 0 Å². The van der Waals surface area contributed by atoms with E-state index in [0.29, 0.717) is 18.0 Å². The van der Waals surface area contributed by atoms with Gasteiger partial charge in [-0.05, 0) is 42.6 Å². The van der Waals surface area contributed by atoms with Crippen molar-refractivity contribution < 1.29 is 9.90 Å². The first-order valence-corrected chi connectivity index (χ1v) is 8.72. The fraction of sp³-hybridized carbons (Fsp3) is 0.286. The number of phenolic OH excluding ortho intramolecular Hbond substituents is 1. The summed E-state index contributed by atoms with van der Waals surface area (Å²) < 4.78 is 0. The Hall–Kier alpha value is -2.59. The standard InChI is InChI=1S/C21H24N2O2/c24-20-10-4-9-19(14-20)21(25)22-15-18-11-13-23(16-18)12-5-8-17-6-2-1-3-7-17/h1-10,14,18,24H,11-13,15-16H2,(H,22,25)/b8-5+/t18-/m1/s1. The lowest BCUT2D eigenvalue weighted by Gasteiger charge is -2.14. The van der Waals surface area contributed by atoms with E-state index in [4.69, 9.17) is 0 Å². The lowest BCUT2D eigenvalue weighted by molar-refractivity contribution is 0.0947. The van der Waals surface area contributed by atoms with Gasteiger partial charge < -0.3 is 10.4 Å². The van der Waals surface area contributed by atoms with Crippen LogP contribution >= 0.6 is 0 Å². The molecule has 25 heavy (non-hydrogen) atoms. The molecular formula is C21H24N2O2. The maximum atomic E-state index is 12.1. The summed E-state index contributed by atoms with van der Waals surface area (Å²) in [6.45, 7) is 3.67. The molecule has 2 aromatic carbocycles. The van der Waals surface area contributed by atoms with Crippen molar-refractivity contribution in [1.29, 1.82) is 0 Å². The molecule has 2 N–H and O–H groups in total. The summed E-state index contributed by atoms with van der Waals surface area (Å²) in [5.41, 5.74) is 1.72. The Balaban J connectivity index is 1.41. The van der Waals surface area contributed by atoms with Crippen molar-refractivity contribution in [3.05, 3.63) is 71.8 Å². The van der Waals surface area contributed by atoms with Gasteiger partial charge in [0.1, 0.15) is 5.75 Å². The van der Waals surface area contributed by atoms with Gasteiger partial charge in [0, 0.05) is 25.2 Å². The zero-order chi connectivity index (χ0) is 17.5. The van der Waals surface area contributed by atoms with Gasteiger partial charge in [-0.3, -0.25) is 9.69 Å². The fourth-order valence-electron chi connectivity index (χ4n) is 3.13. The first-order valence-electron chi connectivity index (χ1n) is 8.72. The summed E-state index contributed by atoms with van der Waals surface area (Å²) in [7, 11) is 0. The Morgan fingerprint density at radius 3 is 2.84 bits per heavy atom. The van der Waals surface area contributed by atoms with Crippen LogP contribution in [0, 0.1) is 5.92 Å². The average molecular weight is 336 g/mol. The molecule has 3 rings (SSSR count). The van der Waals surface area contributed by atoms with Crippen LogP contribution in [0.3, 0.4) is 0 Å². The van der Waals surface area contributed by atoms with E-state index in [9.17, 15) is 9.90 Å². The summed E-state index contributed by atoms with van der Waals surface area (Å²) in [6.07, 6.45) is 5.44. The van der Waals surface area contributed by atoms with Gasteiger partial charge in [-0.15, -0.1) is 0 Å². The first-order chi connectivity index (χ1) is 12.2. The highest BCUT2D eigenvalue weighted by Gasteiger charge is 2.22. The molecule has 130 valence electrons. The van der Waals surface area contributed by atoms with Gasteiger partial charge in [0.2, 0.25) is 0 Å². The van der Waals surface area contributed by atoms with Crippen LogP contribution in [0.4, 0.5) is 0 Å². The number of nitrogens with one attached hydrogen (secondary N) is 1. The van der Waals surface area contributed by atoms with Crippen molar-refractivity contribution in [3.8, 4) is 5.75 Å². The van der Waals surface area contributed by atoms with Gasteiger partial charge in [0.15, 0.2) is 0 Å². The minimum atomic E-state index is -0.127. The van der Waals surface area contributed by atoms with E-state index >= 15 is 0 Å². The number of likely N-dealkylation sites (tertiary alicyclic amines) is 1. The summed E-state index contributed by atoms with van der Waals surface area (Å²) >= 11 is 0. The highest BCUT2D eigenvalue weighted by molar-refractivity contribution is 5.94. The molecule has 1 saturated heterocycles. The molecule has 0 spiro atoms. The Morgan fingerprint density at radius 1 is 1.20 bits per heavy atom. The molecular weight excluding hydrogens is 312 g/mol. The molecule has 1 aliphatic heterocycles. The van der Waals surface area contributed by atoms with Crippen molar-refractivity contribution in [2.45, 2.75) is 6.42 Å². The number of hydrogen-bond acceptors (Lipinski definition) is 3. The number of phenols is 1. The van der Waals surface area contributed by atoms with Crippen LogP contribution in [-0.2, 0) is 0 Å². The van der Waals surface area contributed by atoms with Crippen LogP contribution < -0.4 is 5.32 Å². The van der Waals surface area contributed by atoms with Crippen LogP contribution in [0.2, 0.25) is 0 Å². The molecule has 4 heteroatoms. The Bertz CT molecular complexity index is 728. The van der Waals surface area contributed by atoms with Crippen LogP contribution in [0.25, 0.3) is 6.08 Å². The predicted molar refractivity (Wildman–Crippen MR) is 100 cm³/mol. The largest absolute Gasteiger partial charge is 0.508 e. The van der Waals surface area contributed by atoms with Gasteiger partial charge in [-0.2, -0.15) is 0 Å². The second-order valence-electron chi connectivity index (χ2n) is 6.49. The second kappa shape index (κ2) is 8.49. The molecule has 1 heterocycles. The lowest BCUT2D eigenvalue weighted by atomic mass is 10.1. The predicted octanol–water partition coefficient (Wildman–Crippen LogP) is 3.16. The molecule has 0 radical (unpaired) electrons. The second-order valence-corrected chi connectivity index (χ2v) is 6.49. The molecule has 4 nitrogen and oxygen atoms in total. The van der Waals surface area contributed by atoms with Crippen LogP contribution in [0.1, 0.15) is 22.3 Å². The van der Waals surface area contributed by atoms with Gasteiger partial charge in [-0.25, -0.2) is 0 Å². The molecule has 1 amide bonds. The van der Waals surface area contributed by atoms with Gasteiger partial charge in [-0.1, -0.05) is 48.6 Å². The smallest absolute Gasteiger partial charge is 0.251 e. The summed E-state index contributed by atoms with van der Waals surface area (Å²) in [5, 5.41) is 12.4. The SMILES string of the molecule is O=C(NC[C@H]1CCN(C/C=C/c2ccccc2)C1)c1cccc(O)c1. The minimum absolute atomic E-state index is 0.116. The fourth-order valence-corrected chi connectivity index (χ4v) is 3.13. The number of benzene rings is 2. The van der Waals surface area contributed by atoms with Crippen molar-refractivity contribution in [1.82, 2.24) is 10.2 Å². The quantitative estimate of drug-likeness (QED) is 0.852. The van der Waals surface area contributed by atoms with Gasteiger partial charge in [0.05, 0.1) is 0 Å². The molecule has 1 atom stereocenters.